The average Bonchev–Trinajstić information content (AvgIpc) is 2.19. The van der Waals surface area contributed by atoms with Crippen LogP contribution in [0.2, 0.25) is 0 Å². The molecule has 1 saturated carbocycles. The van der Waals surface area contributed by atoms with Crippen molar-refractivity contribution >= 4 is 5.91 Å². The van der Waals surface area contributed by atoms with Crippen molar-refractivity contribution in [3.63, 3.8) is 0 Å². The lowest BCUT2D eigenvalue weighted by Gasteiger charge is -2.28. The summed E-state index contributed by atoms with van der Waals surface area (Å²) in [5.74, 6) is 1.74. The fourth-order valence-electron chi connectivity index (χ4n) is 2.58. The molecular formula is C13H26N2O. The minimum atomic E-state index is -0.0337. The summed E-state index contributed by atoms with van der Waals surface area (Å²) in [7, 11) is 0. The predicted molar refractivity (Wildman–Crippen MR) is 67.0 cm³/mol. The van der Waals surface area contributed by atoms with Crippen LogP contribution in [0.15, 0.2) is 0 Å². The summed E-state index contributed by atoms with van der Waals surface area (Å²) in [6.45, 7) is 5.02. The van der Waals surface area contributed by atoms with Crippen molar-refractivity contribution in [2.45, 2.75) is 58.4 Å². The predicted octanol–water partition coefficient (Wildman–Crippen LogP) is 2.06. The summed E-state index contributed by atoms with van der Waals surface area (Å²) in [4.78, 5) is 11.4. The first-order valence-electron chi connectivity index (χ1n) is 6.62. The summed E-state index contributed by atoms with van der Waals surface area (Å²) in [5, 5.41) is 2.96. The molecule has 3 nitrogen and oxygen atoms in total. The van der Waals surface area contributed by atoms with E-state index in [9.17, 15) is 4.79 Å². The molecule has 0 saturated heterocycles. The molecule has 0 radical (unpaired) electrons. The van der Waals surface area contributed by atoms with Crippen LogP contribution in [0.3, 0.4) is 0 Å². The quantitative estimate of drug-likeness (QED) is 0.754. The van der Waals surface area contributed by atoms with E-state index in [4.69, 9.17) is 5.73 Å². The Labute approximate surface area is 99.2 Å². The van der Waals surface area contributed by atoms with Crippen LogP contribution in [0.5, 0.6) is 0 Å². The number of carbonyl (C=O) groups excluding carboxylic acids is 1. The van der Waals surface area contributed by atoms with Gasteiger partial charge in [0.25, 0.3) is 0 Å². The van der Waals surface area contributed by atoms with Gasteiger partial charge in [0.15, 0.2) is 0 Å². The molecule has 3 unspecified atom stereocenters. The molecule has 1 amide bonds. The van der Waals surface area contributed by atoms with Gasteiger partial charge in [0, 0.05) is 19.0 Å². The van der Waals surface area contributed by atoms with Gasteiger partial charge in [-0.05, 0) is 25.2 Å². The van der Waals surface area contributed by atoms with Crippen LogP contribution in [0.25, 0.3) is 0 Å². The third-order valence-electron chi connectivity index (χ3n) is 3.63. The molecule has 0 aromatic rings. The Hall–Kier alpha value is -0.570. The third-order valence-corrected chi connectivity index (χ3v) is 3.63. The van der Waals surface area contributed by atoms with E-state index in [1.165, 1.54) is 25.7 Å². The Morgan fingerprint density at radius 3 is 2.75 bits per heavy atom. The summed E-state index contributed by atoms with van der Waals surface area (Å²) < 4.78 is 0. The first-order chi connectivity index (χ1) is 7.59. The van der Waals surface area contributed by atoms with E-state index in [-0.39, 0.29) is 11.9 Å². The van der Waals surface area contributed by atoms with Gasteiger partial charge in [-0.3, -0.25) is 4.79 Å². The molecule has 0 bridgehead atoms. The summed E-state index contributed by atoms with van der Waals surface area (Å²) in [6, 6.07) is -0.0337. The Morgan fingerprint density at radius 2 is 2.12 bits per heavy atom. The van der Waals surface area contributed by atoms with E-state index in [0.717, 1.165) is 24.8 Å². The fraction of sp³-hybridized carbons (Fsp3) is 0.923. The maximum atomic E-state index is 11.4. The van der Waals surface area contributed by atoms with Crippen LogP contribution in [0.4, 0.5) is 0 Å². The Bertz CT molecular complexity index is 216. The molecule has 1 aliphatic carbocycles. The molecule has 1 rings (SSSR count). The van der Waals surface area contributed by atoms with Gasteiger partial charge in [0.05, 0.1) is 0 Å². The molecular weight excluding hydrogens is 200 g/mol. The average molecular weight is 226 g/mol. The van der Waals surface area contributed by atoms with Gasteiger partial charge in [-0.2, -0.15) is 0 Å². The number of carbonyl (C=O) groups is 1. The zero-order chi connectivity index (χ0) is 12.0. The van der Waals surface area contributed by atoms with Crippen molar-refractivity contribution in [2.75, 3.05) is 6.54 Å². The number of hydrogen-bond acceptors (Lipinski definition) is 2. The topological polar surface area (TPSA) is 55.1 Å². The monoisotopic (exact) mass is 226 g/mol. The van der Waals surface area contributed by atoms with Crippen LogP contribution in [0.1, 0.15) is 52.4 Å². The van der Waals surface area contributed by atoms with E-state index in [0.29, 0.717) is 6.42 Å². The number of nitrogens with two attached hydrogens (primary N) is 1. The SMILES string of the molecule is CC(N)CC(=O)NCCC1CCCCC1C. The van der Waals surface area contributed by atoms with Crippen molar-refractivity contribution in [3.8, 4) is 0 Å². The van der Waals surface area contributed by atoms with E-state index < -0.39 is 0 Å². The zero-order valence-corrected chi connectivity index (χ0v) is 10.7. The van der Waals surface area contributed by atoms with Crippen molar-refractivity contribution in [1.82, 2.24) is 5.32 Å². The van der Waals surface area contributed by atoms with E-state index in [1.54, 1.807) is 0 Å². The molecule has 0 aromatic carbocycles. The zero-order valence-electron chi connectivity index (χ0n) is 10.7. The van der Waals surface area contributed by atoms with E-state index in [2.05, 4.69) is 12.2 Å². The van der Waals surface area contributed by atoms with Gasteiger partial charge in [-0.1, -0.05) is 32.6 Å². The van der Waals surface area contributed by atoms with Gasteiger partial charge in [0.1, 0.15) is 0 Å². The van der Waals surface area contributed by atoms with Gasteiger partial charge < -0.3 is 11.1 Å². The lowest BCUT2D eigenvalue weighted by molar-refractivity contribution is -0.121. The Balaban J connectivity index is 2.12. The Kier molecular flexibility index (Phi) is 5.81. The van der Waals surface area contributed by atoms with Gasteiger partial charge in [-0.25, -0.2) is 0 Å². The largest absolute Gasteiger partial charge is 0.356 e. The van der Waals surface area contributed by atoms with E-state index in [1.807, 2.05) is 6.92 Å². The first kappa shape index (κ1) is 13.5. The minimum Gasteiger partial charge on any atom is -0.356 e. The molecule has 1 fully saturated rings. The van der Waals surface area contributed by atoms with Gasteiger partial charge >= 0.3 is 0 Å². The second-order valence-corrected chi connectivity index (χ2v) is 5.34. The molecule has 0 spiro atoms. The second-order valence-electron chi connectivity index (χ2n) is 5.34. The summed E-state index contributed by atoms with van der Waals surface area (Å²) >= 11 is 0. The van der Waals surface area contributed by atoms with Crippen LogP contribution in [-0.4, -0.2) is 18.5 Å². The smallest absolute Gasteiger partial charge is 0.221 e. The minimum absolute atomic E-state index is 0.0337. The maximum Gasteiger partial charge on any atom is 0.221 e. The Morgan fingerprint density at radius 1 is 1.44 bits per heavy atom. The highest BCUT2D eigenvalue weighted by atomic mass is 16.1. The molecule has 0 aromatic heterocycles. The van der Waals surface area contributed by atoms with Gasteiger partial charge in [-0.15, -0.1) is 0 Å². The highest BCUT2D eigenvalue weighted by molar-refractivity contribution is 5.76. The number of hydrogen-bond donors (Lipinski definition) is 2. The van der Waals surface area contributed by atoms with Crippen LogP contribution in [0, 0.1) is 11.8 Å². The van der Waals surface area contributed by atoms with Crippen molar-refractivity contribution in [1.29, 1.82) is 0 Å². The lowest BCUT2D eigenvalue weighted by Crippen LogP contribution is -2.32. The van der Waals surface area contributed by atoms with Crippen LogP contribution < -0.4 is 11.1 Å². The molecule has 0 aliphatic heterocycles. The van der Waals surface area contributed by atoms with Gasteiger partial charge in [0.2, 0.25) is 5.91 Å². The third kappa shape index (κ3) is 4.97. The second kappa shape index (κ2) is 6.89. The van der Waals surface area contributed by atoms with E-state index >= 15 is 0 Å². The molecule has 3 heteroatoms. The molecule has 3 atom stereocenters. The molecule has 16 heavy (non-hydrogen) atoms. The van der Waals surface area contributed by atoms with Crippen molar-refractivity contribution in [3.05, 3.63) is 0 Å². The molecule has 94 valence electrons. The summed E-state index contributed by atoms with van der Waals surface area (Å²) in [5.41, 5.74) is 5.57. The van der Waals surface area contributed by atoms with Crippen molar-refractivity contribution < 1.29 is 4.79 Å². The molecule has 1 aliphatic rings. The highest BCUT2D eigenvalue weighted by Crippen LogP contribution is 2.31. The lowest BCUT2D eigenvalue weighted by atomic mass is 9.79. The number of amides is 1. The van der Waals surface area contributed by atoms with Crippen LogP contribution in [-0.2, 0) is 4.79 Å². The standard InChI is InChI=1S/C13H26N2O/c1-10-5-3-4-6-12(10)7-8-15-13(16)9-11(2)14/h10-12H,3-9,14H2,1-2H3,(H,15,16). The highest BCUT2D eigenvalue weighted by Gasteiger charge is 2.20. The molecule has 0 heterocycles. The maximum absolute atomic E-state index is 11.4. The number of nitrogens with one attached hydrogen (secondary N) is 1. The first-order valence-corrected chi connectivity index (χ1v) is 6.62. The number of rotatable bonds is 5. The van der Waals surface area contributed by atoms with Crippen LogP contribution >= 0.6 is 0 Å². The fourth-order valence-corrected chi connectivity index (χ4v) is 2.58. The summed E-state index contributed by atoms with van der Waals surface area (Å²) in [6.07, 6.45) is 7.02. The molecule has 3 N–H and O–H groups in total. The normalized spacial score (nSPS) is 27.4. The van der Waals surface area contributed by atoms with Crippen molar-refractivity contribution in [2.24, 2.45) is 17.6 Å².